The molecule has 0 aliphatic rings. The van der Waals surface area contributed by atoms with Crippen LogP contribution in [0.25, 0.3) is 0 Å². The highest BCUT2D eigenvalue weighted by Crippen LogP contribution is 2.14. The van der Waals surface area contributed by atoms with E-state index in [2.05, 4.69) is 23.7 Å². The molecule has 0 saturated heterocycles. The number of pyridine rings is 1. The van der Waals surface area contributed by atoms with Crippen LogP contribution in [0.4, 0.5) is 5.69 Å². The van der Waals surface area contributed by atoms with Crippen molar-refractivity contribution in [3.05, 3.63) is 24.0 Å². The zero-order chi connectivity index (χ0) is 12.0. The van der Waals surface area contributed by atoms with E-state index in [1.165, 1.54) is 0 Å². The Morgan fingerprint density at radius 2 is 1.94 bits per heavy atom. The van der Waals surface area contributed by atoms with Gasteiger partial charge in [0.2, 0.25) is 0 Å². The molecule has 0 unspecified atom stereocenters. The third-order valence-electron chi connectivity index (χ3n) is 2.32. The highest BCUT2D eigenvalue weighted by Gasteiger charge is 2.07. The van der Waals surface area contributed by atoms with Crippen LogP contribution in [-0.4, -0.2) is 29.1 Å². The number of rotatable bonds is 6. The van der Waals surface area contributed by atoms with Gasteiger partial charge in [0.05, 0.1) is 11.9 Å². The Bertz CT molecular complexity index is 329. The van der Waals surface area contributed by atoms with Crippen LogP contribution in [0.5, 0.6) is 0 Å². The molecule has 0 amide bonds. The predicted octanol–water partition coefficient (Wildman–Crippen LogP) is 2.41. The number of carboxylic acids is 1. The minimum atomic E-state index is -0.982. The molecule has 16 heavy (non-hydrogen) atoms. The van der Waals surface area contributed by atoms with E-state index < -0.39 is 5.97 Å². The summed E-state index contributed by atoms with van der Waals surface area (Å²) in [6, 6.07) is 3.37. The maximum Gasteiger partial charge on any atom is 0.354 e. The number of hydrogen-bond acceptors (Lipinski definition) is 3. The summed E-state index contributed by atoms with van der Waals surface area (Å²) in [5, 5.41) is 8.74. The molecular formula is C12H18N2O2. The summed E-state index contributed by atoms with van der Waals surface area (Å²) in [5.41, 5.74) is 1.09. The first-order chi connectivity index (χ1) is 7.69. The lowest BCUT2D eigenvalue weighted by Crippen LogP contribution is -2.25. The Morgan fingerprint density at radius 3 is 2.31 bits per heavy atom. The fourth-order valence-corrected chi connectivity index (χ4v) is 1.61. The molecule has 0 aliphatic carbocycles. The SMILES string of the molecule is CCCN(CCC)c1ccc(C(=O)O)nc1. The molecule has 1 N–H and O–H groups in total. The van der Waals surface area contributed by atoms with Gasteiger partial charge in [-0.1, -0.05) is 13.8 Å². The van der Waals surface area contributed by atoms with Crippen molar-refractivity contribution < 1.29 is 9.90 Å². The number of anilines is 1. The molecule has 0 radical (unpaired) electrons. The van der Waals surface area contributed by atoms with Crippen molar-refractivity contribution in [3.8, 4) is 0 Å². The Labute approximate surface area is 95.9 Å². The van der Waals surface area contributed by atoms with Crippen molar-refractivity contribution in [2.24, 2.45) is 0 Å². The molecule has 1 aromatic heterocycles. The lowest BCUT2D eigenvalue weighted by Gasteiger charge is -2.23. The van der Waals surface area contributed by atoms with Crippen molar-refractivity contribution in [1.29, 1.82) is 0 Å². The third kappa shape index (κ3) is 3.22. The van der Waals surface area contributed by atoms with Crippen molar-refractivity contribution in [1.82, 2.24) is 4.98 Å². The lowest BCUT2D eigenvalue weighted by atomic mass is 10.2. The van der Waals surface area contributed by atoms with Crippen molar-refractivity contribution in [2.45, 2.75) is 26.7 Å². The predicted molar refractivity (Wildman–Crippen MR) is 64.0 cm³/mol. The second kappa shape index (κ2) is 6.10. The molecule has 0 saturated carbocycles. The highest BCUT2D eigenvalue weighted by atomic mass is 16.4. The molecule has 1 heterocycles. The van der Waals surface area contributed by atoms with Crippen LogP contribution in [0.15, 0.2) is 18.3 Å². The maximum atomic E-state index is 10.7. The average Bonchev–Trinajstić information content (AvgIpc) is 2.29. The molecule has 0 fully saturated rings. The number of nitrogens with zero attached hydrogens (tertiary/aromatic N) is 2. The van der Waals surface area contributed by atoms with E-state index in [1.807, 2.05) is 6.07 Å². The van der Waals surface area contributed by atoms with Crippen LogP contribution in [0.1, 0.15) is 37.2 Å². The summed E-state index contributed by atoms with van der Waals surface area (Å²) in [6.45, 7) is 6.20. The molecule has 1 rings (SSSR count). The first kappa shape index (κ1) is 12.5. The van der Waals surface area contributed by atoms with Gasteiger partial charge in [0.15, 0.2) is 0 Å². The fraction of sp³-hybridized carbons (Fsp3) is 0.500. The number of aromatic carboxylic acids is 1. The molecule has 4 nitrogen and oxygen atoms in total. The van der Waals surface area contributed by atoms with Crippen LogP contribution in [0.3, 0.4) is 0 Å². The Morgan fingerprint density at radius 1 is 1.31 bits per heavy atom. The van der Waals surface area contributed by atoms with E-state index in [-0.39, 0.29) is 5.69 Å². The van der Waals surface area contributed by atoms with Gasteiger partial charge in [0.1, 0.15) is 5.69 Å². The minimum Gasteiger partial charge on any atom is -0.477 e. The van der Waals surface area contributed by atoms with Crippen LogP contribution in [-0.2, 0) is 0 Å². The maximum absolute atomic E-state index is 10.7. The van der Waals surface area contributed by atoms with Gasteiger partial charge in [0, 0.05) is 13.1 Å². The van der Waals surface area contributed by atoms with Gasteiger partial charge in [-0.25, -0.2) is 9.78 Å². The highest BCUT2D eigenvalue weighted by molar-refractivity contribution is 5.85. The summed E-state index contributed by atoms with van der Waals surface area (Å²) in [7, 11) is 0. The van der Waals surface area contributed by atoms with Crippen LogP contribution >= 0.6 is 0 Å². The smallest absolute Gasteiger partial charge is 0.354 e. The van der Waals surface area contributed by atoms with Gasteiger partial charge >= 0.3 is 5.97 Å². The second-order valence-corrected chi connectivity index (χ2v) is 3.69. The Balaban J connectivity index is 2.80. The fourth-order valence-electron chi connectivity index (χ4n) is 1.61. The summed E-state index contributed by atoms with van der Waals surface area (Å²) >= 11 is 0. The zero-order valence-electron chi connectivity index (χ0n) is 9.81. The molecule has 1 aromatic rings. The monoisotopic (exact) mass is 222 g/mol. The Hall–Kier alpha value is -1.58. The van der Waals surface area contributed by atoms with Crippen LogP contribution in [0.2, 0.25) is 0 Å². The minimum absolute atomic E-state index is 0.0942. The van der Waals surface area contributed by atoms with E-state index in [0.717, 1.165) is 31.6 Å². The zero-order valence-corrected chi connectivity index (χ0v) is 9.81. The topological polar surface area (TPSA) is 53.4 Å². The van der Waals surface area contributed by atoms with E-state index in [4.69, 9.17) is 5.11 Å². The number of carboxylic acid groups (broad SMARTS) is 1. The van der Waals surface area contributed by atoms with E-state index in [1.54, 1.807) is 12.3 Å². The molecule has 0 aliphatic heterocycles. The van der Waals surface area contributed by atoms with Crippen LogP contribution < -0.4 is 4.90 Å². The summed E-state index contributed by atoms with van der Waals surface area (Å²) in [5.74, 6) is -0.982. The molecule has 0 atom stereocenters. The van der Waals surface area contributed by atoms with Crippen molar-refractivity contribution >= 4 is 11.7 Å². The molecular weight excluding hydrogens is 204 g/mol. The average molecular weight is 222 g/mol. The second-order valence-electron chi connectivity index (χ2n) is 3.69. The quantitative estimate of drug-likeness (QED) is 0.803. The number of carbonyl (C=O) groups is 1. The molecule has 0 bridgehead atoms. The van der Waals surface area contributed by atoms with Gasteiger partial charge in [-0.2, -0.15) is 0 Å². The van der Waals surface area contributed by atoms with Crippen molar-refractivity contribution in [2.75, 3.05) is 18.0 Å². The van der Waals surface area contributed by atoms with E-state index in [0.29, 0.717) is 0 Å². The van der Waals surface area contributed by atoms with Crippen LogP contribution in [0, 0.1) is 0 Å². The first-order valence-corrected chi connectivity index (χ1v) is 5.63. The summed E-state index contributed by atoms with van der Waals surface area (Å²) in [4.78, 5) is 16.8. The number of hydrogen-bond donors (Lipinski definition) is 1. The first-order valence-electron chi connectivity index (χ1n) is 5.63. The molecule has 4 heteroatoms. The normalized spacial score (nSPS) is 10.1. The van der Waals surface area contributed by atoms with Crippen molar-refractivity contribution in [3.63, 3.8) is 0 Å². The Kier molecular flexibility index (Phi) is 4.76. The van der Waals surface area contributed by atoms with Gasteiger partial charge in [0.25, 0.3) is 0 Å². The van der Waals surface area contributed by atoms with Gasteiger partial charge in [-0.15, -0.1) is 0 Å². The van der Waals surface area contributed by atoms with Gasteiger partial charge in [-0.05, 0) is 25.0 Å². The molecule has 88 valence electrons. The van der Waals surface area contributed by atoms with E-state index >= 15 is 0 Å². The van der Waals surface area contributed by atoms with E-state index in [9.17, 15) is 4.79 Å². The largest absolute Gasteiger partial charge is 0.477 e. The summed E-state index contributed by atoms with van der Waals surface area (Å²) in [6.07, 6.45) is 3.77. The molecule has 0 aromatic carbocycles. The third-order valence-corrected chi connectivity index (χ3v) is 2.32. The molecule has 0 spiro atoms. The number of aromatic nitrogens is 1. The van der Waals surface area contributed by atoms with Gasteiger partial charge < -0.3 is 10.0 Å². The standard InChI is InChI=1S/C12H18N2O2/c1-3-7-14(8-4-2)10-5-6-11(12(15)16)13-9-10/h5-6,9H,3-4,7-8H2,1-2H3,(H,15,16). The lowest BCUT2D eigenvalue weighted by molar-refractivity contribution is 0.0690. The van der Waals surface area contributed by atoms with Gasteiger partial charge in [-0.3, -0.25) is 0 Å². The summed E-state index contributed by atoms with van der Waals surface area (Å²) < 4.78 is 0.